The third-order valence-electron chi connectivity index (χ3n) is 4.79. The Hall–Kier alpha value is -2.55. The number of aromatic amines is 1. The van der Waals surface area contributed by atoms with E-state index in [-0.39, 0.29) is 5.91 Å². The highest BCUT2D eigenvalue weighted by Crippen LogP contribution is 2.29. The van der Waals surface area contributed by atoms with Crippen LogP contribution in [-0.4, -0.2) is 17.4 Å². The highest BCUT2D eigenvalue weighted by atomic mass is 16.2. The molecular formula is C20H20N2O. The molecule has 0 aliphatic carbocycles. The third kappa shape index (κ3) is 2.33. The lowest BCUT2D eigenvalue weighted by atomic mass is 10.1. The van der Waals surface area contributed by atoms with E-state index in [0.717, 1.165) is 35.4 Å². The van der Waals surface area contributed by atoms with E-state index in [1.165, 1.54) is 16.5 Å². The van der Waals surface area contributed by atoms with Gasteiger partial charge in [-0.2, -0.15) is 0 Å². The van der Waals surface area contributed by atoms with Gasteiger partial charge in [0.25, 0.3) is 0 Å². The topological polar surface area (TPSA) is 36.1 Å². The zero-order valence-corrected chi connectivity index (χ0v) is 13.5. The molecule has 1 amide bonds. The van der Waals surface area contributed by atoms with Crippen molar-refractivity contribution >= 4 is 22.5 Å². The molecule has 4 rings (SSSR count). The summed E-state index contributed by atoms with van der Waals surface area (Å²) in [7, 11) is 0. The molecule has 3 aromatic rings. The average Bonchev–Trinajstić information content (AvgIpc) is 3.10. The minimum absolute atomic E-state index is 0.181. The summed E-state index contributed by atoms with van der Waals surface area (Å²) in [5.41, 5.74) is 6.89. The lowest BCUT2D eigenvalue weighted by Gasteiger charge is -2.17. The lowest BCUT2D eigenvalue weighted by Crippen LogP contribution is -2.30. The Bertz CT molecular complexity index is 907. The summed E-state index contributed by atoms with van der Waals surface area (Å²) < 4.78 is 0. The van der Waals surface area contributed by atoms with Crippen LogP contribution in [0, 0.1) is 13.8 Å². The number of benzene rings is 2. The number of aromatic nitrogens is 1. The van der Waals surface area contributed by atoms with E-state index in [1.807, 2.05) is 23.1 Å². The molecule has 0 bridgehead atoms. The largest absolute Gasteiger partial charge is 0.358 e. The van der Waals surface area contributed by atoms with E-state index in [1.54, 1.807) is 0 Å². The van der Waals surface area contributed by atoms with Crippen LogP contribution in [-0.2, 0) is 17.6 Å². The summed E-state index contributed by atoms with van der Waals surface area (Å²) in [6.07, 6.45) is 1.40. The molecule has 3 heteroatoms. The number of aryl methyl sites for hydroxylation is 2. The molecule has 1 N–H and O–H groups in total. The summed E-state index contributed by atoms with van der Waals surface area (Å²) in [6.45, 7) is 4.93. The first-order chi connectivity index (χ1) is 11.1. The number of hydrogen-bond donors (Lipinski definition) is 1. The molecule has 0 fully saturated rings. The molecule has 1 aliphatic heterocycles. The van der Waals surface area contributed by atoms with Gasteiger partial charge in [0.1, 0.15) is 0 Å². The minimum Gasteiger partial charge on any atom is -0.358 e. The molecule has 2 heterocycles. The van der Waals surface area contributed by atoms with Gasteiger partial charge in [-0.3, -0.25) is 4.79 Å². The van der Waals surface area contributed by atoms with Gasteiger partial charge in [0, 0.05) is 28.8 Å². The first-order valence-electron chi connectivity index (χ1n) is 8.09. The van der Waals surface area contributed by atoms with Crippen molar-refractivity contribution < 1.29 is 4.79 Å². The predicted octanol–water partition coefficient (Wildman–Crippen LogP) is 3.92. The molecule has 2 aromatic carbocycles. The minimum atomic E-state index is 0.181. The number of nitrogens with zero attached hydrogens (tertiary/aromatic N) is 1. The van der Waals surface area contributed by atoms with E-state index >= 15 is 0 Å². The van der Waals surface area contributed by atoms with Crippen LogP contribution in [0.25, 0.3) is 10.9 Å². The Kier molecular flexibility index (Phi) is 3.22. The Balaban J connectivity index is 1.68. The normalized spacial score (nSPS) is 13.6. The smallest absolute Gasteiger partial charge is 0.231 e. The number of fused-ring (bicyclic) bond motifs is 2. The maximum atomic E-state index is 12.9. The number of rotatable bonds is 2. The quantitative estimate of drug-likeness (QED) is 0.765. The van der Waals surface area contributed by atoms with Gasteiger partial charge in [-0.1, -0.05) is 29.8 Å². The van der Waals surface area contributed by atoms with Crippen LogP contribution in [0.2, 0.25) is 0 Å². The molecule has 0 saturated carbocycles. The summed E-state index contributed by atoms with van der Waals surface area (Å²) in [4.78, 5) is 18.2. The first kappa shape index (κ1) is 14.1. The number of H-pyrrole nitrogens is 1. The van der Waals surface area contributed by atoms with Crippen molar-refractivity contribution in [1.29, 1.82) is 0 Å². The molecule has 0 unspecified atom stereocenters. The van der Waals surface area contributed by atoms with Crippen molar-refractivity contribution in [2.24, 2.45) is 0 Å². The molecule has 0 saturated heterocycles. The number of para-hydroxylation sites is 1. The van der Waals surface area contributed by atoms with Gasteiger partial charge in [0.2, 0.25) is 5.91 Å². The molecule has 23 heavy (non-hydrogen) atoms. The molecule has 0 spiro atoms. The average molecular weight is 304 g/mol. The highest BCUT2D eigenvalue weighted by molar-refractivity contribution is 5.99. The Morgan fingerprint density at radius 3 is 2.87 bits per heavy atom. The van der Waals surface area contributed by atoms with Gasteiger partial charge in [0.05, 0.1) is 6.42 Å². The van der Waals surface area contributed by atoms with Crippen LogP contribution >= 0.6 is 0 Å². The van der Waals surface area contributed by atoms with Gasteiger partial charge in [-0.05, 0) is 49.6 Å². The molecule has 1 aliphatic rings. The monoisotopic (exact) mass is 304 g/mol. The number of amides is 1. The maximum Gasteiger partial charge on any atom is 0.231 e. The van der Waals surface area contributed by atoms with Crippen molar-refractivity contribution in [3.05, 3.63) is 64.8 Å². The van der Waals surface area contributed by atoms with Gasteiger partial charge >= 0.3 is 0 Å². The van der Waals surface area contributed by atoms with Crippen LogP contribution in [0.4, 0.5) is 5.69 Å². The van der Waals surface area contributed by atoms with Crippen LogP contribution in [0.5, 0.6) is 0 Å². The van der Waals surface area contributed by atoms with Crippen LogP contribution in [0.3, 0.4) is 0 Å². The number of anilines is 1. The standard InChI is InChI=1S/C20H20N2O/c1-13-7-8-18-17(11-13)16(14(2)21-18)12-20(23)22-10-9-15-5-3-4-6-19(15)22/h3-8,11,21H,9-10,12H2,1-2H3. The second kappa shape index (κ2) is 5.27. The molecule has 116 valence electrons. The van der Waals surface area contributed by atoms with E-state index < -0.39 is 0 Å². The van der Waals surface area contributed by atoms with Gasteiger partial charge in [0.15, 0.2) is 0 Å². The summed E-state index contributed by atoms with van der Waals surface area (Å²) >= 11 is 0. The van der Waals surface area contributed by atoms with Gasteiger partial charge in [-0.25, -0.2) is 0 Å². The van der Waals surface area contributed by atoms with Gasteiger partial charge in [-0.15, -0.1) is 0 Å². The van der Waals surface area contributed by atoms with Crippen molar-refractivity contribution in [2.45, 2.75) is 26.7 Å². The third-order valence-corrected chi connectivity index (χ3v) is 4.79. The molecule has 0 atom stereocenters. The maximum absolute atomic E-state index is 12.9. The van der Waals surface area contributed by atoms with Crippen molar-refractivity contribution in [3.63, 3.8) is 0 Å². The summed E-state index contributed by atoms with van der Waals surface area (Å²) in [5.74, 6) is 0.181. The fourth-order valence-electron chi connectivity index (χ4n) is 3.57. The van der Waals surface area contributed by atoms with Crippen molar-refractivity contribution in [2.75, 3.05) is 11.4 Å². The SMILES string of the molecule is Cc1ccc2[nH]c(C)c(CC(=O)N3CCc4ccccc43)c2c1. The van der Waals surface area contributed by atoms with Crippen LogP contribution in [0.15, 0.2) is 42.5 Å². The second-order valence-corrected chi connectivity index (χ2v) is 6.38. The molecule has 0 radical (unpaired) electrons. The zero-order valence-electron chi connectivity index (χ0n) is 13.5. The summed E-state index contributed by atoms with van der Waals surface area (Å²) in [6, 6.07) is 14.6. The molecule has 3 nitrogen and oxygen atoms in total. The lowest BCUT2D eigenvalue weighted by molar-refractivity contribution is -0.117. The number of nitrogens with one attached hydrogen (secondary N) is 1. The van der Waals surface area contributed by atoms with Crippen LogP contribution in [0.1, 0.15) is 22.4 Å². The first-order valence-corrected chi connectivity index (χ1v) is 8.09. The van der Waals surface area contributed by atoms with Crippen molar-refractivity contribution in [1.82, 2.24) is 4.98 Å². The predicted molar refractivity (Wildman–Crippen MR) is 94.0 cm³/mol. The fourth-order valence-corrected chi connectivity index (χ4v) is 3.57. The van der Waals surface area contributed by atoms with E-state index in [4.69, 9.17) is 0 Å². The van der Waals surface area contributed by atoms with Crippen LogP contribution < -0.4 is 4.90 Å². The second-order valence-electron chi connectivity index (χ2n) is 6.38. The van der Waals surface area contributed by atoms with Crippen molar-refractivity contribution in [3.8, 4) is 0 Å². The van der Waals surface area contributed by atoms with E-state index in [0.29, 0.717) is 6.42 Å². The zero-order chi connectivity index (χ0) is 16.0. The highest BCUT2D eigenvalue weighted by Gasteiger charge is 2.25. The number of carbonyl (C=O) groups excluding carboxylic acids is 1. The van der Waals surface area contributed by atoms with Gasteiger partial charge < -0.3 is 9.88 Å². The number of carbonyl (C=O) groups is 1. The fraction of sp³-hybridized carbons (Fsp3) is 0.250. The van der Waals surface area contributed by atoms with E-state index in [9.17, 15) is 4.79 Å². The number of hydrogen-bond acceptors (Lipinski definition) is 1. The van der Waals surface area contributed by atoms with E-state index in [2.05, 4.69) is 43.1 Å². The Morgan fingerprint density at radius 1 is 1.17 bits per heavy atom. The molecular weight excluding hydrogens is 284 g/mol. The summed E-state index contributed by atoms with van der Waals surface area (Å²) in [5, 5.41) is 1.17. The Morgan fingerprint density at radius 2 is 2.00 bits per heavy atom. The molecule has 1 aromatic heterocycles. The Labute approximate surface area is 135 Å².